The Hall–Kier alpha value is -1.16. The monoisotopic (exact) mass is 267 g/mol. The van der Waals surface area contributed by atoms with Crippen molar-refractivity contribution < 1.29 is 9.59 Å². The summed E-state index contributed by atoms with van der Waals surface area (Å²) in [7, 11) is 1.53. The maximum Gasteiger partial charge on any atom is 0.236 e. The molecule has 3 nitrogen and oxygen atoms in total. The number of benzene rings is 1. The van der Waals surface area contributed by atoms with Crippen molar-refractivity contribution in [2.75, 3.05) is 7.05 Å². The van der Waals surface area contributed by atoms with Crippen molar-refractivity contribution in [3.8, 4) is 0 Å². The lowest BCUT2D eigenvalue weighted by atomic mass is 9.98. The molecule has 0 spiro atoms. The van der Waals surface area contributed by atoms with Crippen LogP contribution in [0, 0.1) is 0 Å². The van der Waals surface area contributed by atoms with Crippen molar-refractivity contribution in [2.24, 2.45) is 0 Å². The summed E-state index contributed by atoms with van der Waals surface area (Å²) in [6, 6.07) is 7.53. The third-order valence-electron chi connectivity index (χ3n) is 2.63. The van der Waals surface area contributed by atoms with Gasteiger partial charge in [0.25, 0.3) is 0 Å². The fourth-order valence-corrected chi connectivity index (χ4v) is 2.16. The summed E-state index contributed by atoms with van der Waals surface area (Å²) in [5.74, 6) is -0.525. The van der Waals surface area contributed by atoms with Gasteiger partial charge in [0.2, 0.25) is 11.8 Å². The molecule has 1 aliphatic heterocycles. The molecule has 1 aromatic rings. The quantitative estimate of drug-likeness (QED) is 0.730. The van der Waals surface area contributed by atoms with Crippen LogP contribution in [0.1, 0.15) is 17.9 Å². The molecule has 78 valence electrons. The first-order valence-corrected chi connectivity index (χ1v) is 5.45. The standard InChI is InChI=1S/C11H10BrNO2/c1-13-10(14)6-9(11(13)15)7-3-2-4-8(12)5-7/h2-5,9H,6H2,1H3. The molecule has 0 N–H and O–H groups in total. The molecule has 0 aromatic heterocycles. The molecule has 2 rings (SSSR count). The van der Waals surface area contributed by atoms with Gasteiger partial charge in [-0.25, -0.2) is 0 Å². The van der Waals surface area contributed by atoms with Gasteiger partial charge in [0.15, 0.2) is 0 Å². The van der Waals surface area contributed by atoms with Gasteiger partial charge in [0.1, 0.15) is 0 Å². The predicted octanol–water partition coefficient (Wildman–Crippen LogP) is 1.92. The van der Waals surface area contributed by atoms with Gasteiger partial charge in [-0.15, -0.1) is 0 Å². The zero-order chi connectivity index (χ0) is 11.0. The fourth-order valence-electron chi connectivity index (χ4n) is 1.74. The first-order chi connectivity index (χ1) is 7.09. The van der Waals surface area contributed by atoms with E-state index in [0.29, 0.717) is 0 Å². The summed E-state index contributed by atoms with van der Waals surface area (Å²) in [6.45, 7) is 0. The molecule has 0 aliphatic carbocycles. The van der Waals surface area contributed by atoms with Gasteiger partial charge in [-0.1, -0.05) is 28.1 Å². The summed E-state index contributed by atoms with van der Waals surface area (Å²) in [4.78, 5) is 24.3. The van der Waals surface area contributed by atoms with Gasteiger partial charge in [-0.2, -0.15) is 0 Å². The average molecular weight is 268 g/mol. The van der Waals surface area contributed by atoms with Crippen molar-refractivity contribution in [2.45, 2.75) is 12.3 Å². The van der Waals surface area contributed by atoms with Crippen molar-refractivity contribution in [1.29, 1.82) is 0 Å². The summed E-state index contributed by atoms with van der Waals surface area (Å²) in [6.07, 6.45) is 0.284. The third-order valence-corrected chi connectivity index (χ3v) is 3.13. The fraction of sp³-hybridized carbons (Fsp3) is 0.273. The summed E-state index contributed by atoms with van der Waals surface area (Å²) >= 11 is 3.35. The van der Waals surface area contributed by atoms with Crippen LogP contribution in [0.5, 0.6) is 0 Å². The number of likely N-dealkylation sites (tertiary alicyclic amines) is 1. The van der Waals surface area contributed by atoms with E-state index in [1.54, 1.807) is 0 Å². The van der Waals surface area contributed by atoms with E-state index >= 15 is 0 Å². The number of carbonyl (C=O) groups excluding carboxylic acids is 2. The second-order valence-electron chi connectivity index (χ2n) is 3.60. The van der Waals surface area contributed by atoms with E-state index in [4.69, 9.17) is 0 Å². The first-order valence-electron chi connectivity index (χ1n) is 4.65. The highest BCUT2D eigenvalue weighted by molar-refractivity contribution is 9.10. The van der Waals surface area contributed by atoms with E-state index in [1.165, 1.54) is 11.9 Å². The van der Waals surface area contributed by atoms with Crippen LogP contribution in [0.2, 0.25) is 0 Å². The summed E-state index contributed by atoms with van der Waals surface area (Å²) in [5.41, 5.74) is 0.895. The highest BCUT2D eigenvalue weighted by Crippen LogP contribution is 2.29. The lowest BCUT2D eigenvalue weighted by Crippen LogP contribution is -2.25. The Kier molecular flexibility index (Phi) is 2.61. The third kappa shape index (κ3) is 1.81. The van der Waals surface area contributed by atoms with Crippen LogP contribution in [0.15, 0.2) is 28.7 Å². The Morgan fingerprint density at radius 3 is 2.67 bits per heavy atom. The average Bonchev–Trinajstić information content (AvgIpc) is 2.46. The summed E-state index contributed by atoms with van der Waals surface area (Å²) in [5, 5.41) is 0. The molecular weight excluding hydrogens is 258 g/mol. The van der Waals surface area contributed by atoms with Crippen LogP contribution in [-0.2, 0) is 9.59 Å². The minimum absolute atomic E-state index is 0.107. The molecule has 0 radical (unpaired) electrons. The number of carbonyl (C=O) groups is 2. The number of hydrogen-bond acceptors (Lipinski definition) is 2. The Bertz CT molecular complexity index is 430. The number of rotatable bonds is 1. The maximum atomic E-state index is 11.7. The molecule has 1 saturated heterocycles. The Labute approximate surface area is 96.2 Å². The number of halogens is 1. The van der Waals surface area contributed by atoms with E-state index in [-0.39, 0.29) is 24.2 Å². The van der Waals surface area contributed by atoms with Gasteiger partial charge in [0, 0.05) is 17.9 Å². The lowest BCUT2D eigenvalue weighted by molar-refractivity contribution is -0.137. The SMILES string of the molecule is CN1C(=O)CC(c2cccc(Br)c2)C1=O. The second-order valence-corrected chi connectivity index (χ2v) is 4.52. The van der Waals surface area contributed by atoms with E-state index in [9.17, 15) is 9.59 Å². The molecule has 2 amide bonds. The smallest absolute Gasteiger partial charge is 0.236 e. The van der Waals surface area contributed by atoms with Gasteiger partial charge in [-0.3, -0.25) is 14.5 Å². The Balaban J connectivity index is 2.33. The Morgan fingerprint density at radius 1 is 1.40 bits per heavy atom. The zero-order valence-electron chi connectivity index (χ0n) is 8.24. The predicted molar refractivity (Wildman–Crippen MR) is 59.3 cm³/mol. The zero-order valence-corrected chi connectivity index (χ0v) is 9.82. The first kappa shape index (κ1) is 10.4. The van der Waals surface area contributed by atoms with Crippen LogP contribution < -0.4 is 0 Å². The largest absolute Gasteiger partial charge is 0.285 e. The van der Waals surface area contributed by atoms with E-state index in [0.717, 1.165) is 10.0 Å². The van der Waals surface area contributed by atoms with Crippen LogP contribution in [0.25, 0.3) is 0 Å². The number of likely N-dealkylation sites (N-methyl/N-ethyl adjacent to an activating group) is 1. The van der Waals surface area contributed by atoms with Crippen molar-refractivity contribution in [3.05, 3.63) is 34.3 Å². The van der Waals surface area contributed by atoms with Crippen LogP contribution in [-0.4, -0.2) is 23.8 Å². The van der Waals surface area contributed by atoms with E-state index in [2.05, 4.69) is 15.9 Å². The molecule has 4 heteroatoms. The van der Waals surface area contributed by atoms with E-state index in [1.807, 2.05) is 24.3 Å². The molecule has 1 atom stereocenters. The van der Waals surface area contributed by atoms with Gasteiger partial charge in [0.05, 0.1) is 5.92 Å². The van der Waals surface area contributed by atoms with Crippen molar-refractivity contribution in [3.63, 3.8) is 0 Å². The van der Waals surface area contributed by atoms with Crippen LogP contribution >= 0.6 is 15.9 Å². The van der Waals surface area contributed by atoms with Crippen LogP contribution in [0.4, 0.5) is 0 Å². The molecule has 0 saturated carbocycles. The molecule has 0 bridgehead atoms. The minimum atomic E-state index is -0.306. The van der Waals surface area contributed by atoms with Crippen molar-refractivity contribution in [1.82, 2.24) is 4.90 Å². The van der Waals surface area contributed by atoms with Crippen LogP contribution in [0.3, 0.4) is 0 Å². The van der Waals surface area contributed by atoms with Crippen molar-refractivity contribution >= 4 is 27.7 Å². The number of hydrogen-bond donors (Lipinski definition) is 0. The van der Waals surface area contributed by atoms with E-state index < -0.39 is 0 Å². The topological polar surface area (TPSA) is 37.4 Å². The molecule has 1 aromatic carbocycles. The number of nitrogens with zero attached hydrogens (tertiary/aromatic N) is 1. The van der Waals surface area contributed by atoms with Gasteiger partial charge < -0.3 is 0 Å². The number of imide groups is 1. The molecule has 15 heavy (non-hydrogen) atoms. The normalized spacial score (nSPS) is 21.2. The molecule has 1 aliphatic rings. The molecule has 1 unspecified atom stereocenters. The van der Waals surface area contributed by atoms with Gasteiger partial charge >= 0.3 is 0 Å². The maximum absolute atomic E-state index is 11.7. The lowest BCUT2D eigenvalue weighted by Gasteiger charge is -2.09. The van der Waals surface area contributed by atoms with Gasteiger partial charge in [-0.05, 0) is 17.7 Å². The number of amides is 2. The highest BCUT2D eigenvalue weighted by atomic mass is 79.9. The molecular formula is C11H10BrNO2. The molecule has 1 fully saturated rings. The molecule has 1 heterocycles. The second kappa shape index (κ2) is 3.77. The summed E-state index contributed by atoms with van der Waals surface area (Å²) < 4.78 is 0.926. The minimum Gasteiger partial charge on any atom is -0.285 e. The Morgan fingerprint density at radius 2 is 2.13 bits per heavy atom. The highest BCUT2D eigenvalue weighted by Gasteiger charge is 2.36.